The van der Waals surface area contributed by atoms with E-state index in [1.807, 2.05) is 6.92 Å². The zero-order valence-electron chi connectivity index (χ0n) is 5.02. The molecule has 0 saturated heterocycles. The normalized spacial score (nSPS) is 13.9. The topological polar surface area (TPSA) is 32.3 Å². The Kier molecular flexibility index (Phi) is 5.49. The van der Waals surface area contributed by atoms with E-state index >= 15 is 0 Å². The minimum Gasteiger partial charge on any atom is -0.379 e. The number of aliphatic hydroxyl groups excluding tert-OH is 1. The third kappa shape index (κ3) is 4.37. The summed E-state index contributed by atoms with van der Waals surface area (Å²) < 4.78 is 0. The van der Waals surface area contributed by atoms with E-state index in [1.165, 1.54) is 0 Å². The second kappa shape index (κ2) is 5.35. The molecule has 0 aromatic carbocycles. The van der Waals surface area contributed by atoms with E-state index in [2.05, 4.69) is 5.32 Å². The Morgan fingerprint density at radius 3 is 2.75 bits per heavy atom. The van der Waals surface area contributed by atoms with E-state index < -0.39 is 0 Å². The molecule has 3 heteroatoms. The fourth-order valence-corrected chi connectivity index (χ4v) is 0.475. The van der Waals surface area contributed by atoms with Crippen molar-refractivity contribution in [2.45, 2.75) is 19.6 Å². The molecule has 0 amide bonds. The standard InChI is InChI=1S/C5H12ClNO/c1-2-5(8)7-4-3-6/h5,7-8H,2-4H2,1H3. The lowest BCUT2D eigenvalue weighted by atomic mass is 10.4. The first-order valence-electron chi connectivity index (χ1n) is 2.78. The van der Waals surface area contributed by atoms with Crippen molar-refractivity contribution in [1.29, 1.82) is 0 Å². The van der Waals surface area contributed by atoms with Gasteiger partial charge in [0.25, 0.3) is 0 Å². The summed E-state index contributed by atoms with van der Waals surface area (Å²) in [5.74, 6) is 0.553. The molecule has 2 N–H and O–H groups in total. The fraction of sp³-hybridized carbons (Fsp3) is 1.00. The van der Waals surface area contributed by atoms with Crippen molar-refractivity contribution >= 4 is 11.6 Å². The minimum atomic E-state index is -0.381. The van der Waals surface area contributed by atoms with Crippen LogP contribution in [-0.2, 0) is 0 Å². The number of alkyl halides is 1. The quantitative estimate of drug-likeness (QED) is 0.438. The summed E-state index contributed by atoms with van der Waals surface area (Å²) in [5.41, 5.74) is 0. The highest BCUT2D eigenvalue weighted by Gasteiger charge is 1.94. The van der Waals surface area contributed by atoms with Crippen LogP contribution in [0.25, 0.3) is 0 Å². The third-order valence-corrected chi connectivity index (χ3v) is 1.05. The Morgan fingerprint density at radius 2 is 2.38 bits per heavy atom. The van der Waals surface area contributed by atoms with Crippen molar-refractivity contribution < 1.29 is 5.11 Å². The number of nitrogens with one attached hydrogen (secondary N) is 1. The molecule has 1 unspecified atom stereocenters. The lowest BCUT2D eigenvalue weighted by Crippen LogP contribution is -2.29. The molecular weight excluding hydrogens is 126 g/mol. The highest BCUT2D eigenvalue weighted by atomic mass is 35.5. The molecule has 2 nitrogen and oxygen atoms in total. The number of hydrogen-bond donors (Lipinski definition) is 2. The van der Waals surface area contributed by atoms with Gasteiger partial charge in [0.15, 0.2) is 0 Å². The molecule has 0 fully saturated rings. The third-order valence-electron chi connectivity index (χ3n) is 0.861. The van der Waals surface area contributed by atoms with Gasteiger partial charge in [0.1, 0.15) is 6.23 Å². The minimum absolute atomic E-state index is 0.381. The van der Waals surface area contributed by atoms with Gasteiger partial charge in [-0.3, -0.25) is 5.32 Å². The molecule has 1 atom stereocenters. The van der Waals surface area contributed by atoms with Crippen LogP contribution < -0.4 is 5.32 Å². The predicted molar refractivity (Wildman–Crippen MR) is 35.0 cm³/mol. The summed E-state index contributed by atoms with van der Waals surface area (Å²) in [5, 5.41) is 11.6. The van der Waals surface area contributed by atoms with Gasteiger partial charge in [-0.15, -0.1) is 11.6 Å². The summed E-state index contributed by atoms with van der Waals surface area (Å²) in [7, 11) is 0. The molecule has 50 valence electrons. The van der Waals surface area contributed by atoms with Crippen LogP contribution in [0, 0.1) is 0 Å². The van der Waals surface area contributed by atoms with Gasteiger partial charge in [0.05, 0.1) is 0 Å². The second-order valence-corrected chi connectivity index (χ2v) is 1.95. The molecule has 0 aromatic rings. The highest BCUT2D eigenvalue weighted by Crippen LogP contribution is 1.82. The average molecular weight is 138 g/mol. The second-order valence-electron chi connectivity index (χ2n) is 1.57. The molecule has 0 heterocycles. The lowest BCUT2D eigenvalue weighted by Gasteiger charge is -2.06. The van der Waals surface area contributed by atoms with Crippen LogP contribution >= 0.6 is 11.6 Å². The molecule has 0 aliphatic heterocycles. The number of halogens is 1. The number of aliphatic hydroxyl groups is 1. The van der Waals surface area contributed by atoms with Gasteiger partial charge in [-0.2, -0.15) is 0 Å². The van der Waals surface area contributed by atoms with Crippen molar-refractivity contribution in [3.63, 3.8) is 0 Å². The van der Waals surface area contributed by atoms with Crippen LogP contribution in [0.1, 0.15) is 13.3 Å². The number of rotatable bonds is 4. The zero-order chi connectivity index (χ0) is 6.41. The predicted octanol–water partition coefficient (Wildman–Crippen LogP) is 0.543. The van der Waals surface area contributed by atoms with Gasteiger partial charge in [-0.25, -0.2) is 0 Å². The van der Waals surface area contributed by atoms with Crippen LogP contribution in [0.15, 0.2) is 0 Å². The summed E-state index contributed by atoms with van der Waals surface area (Å²) in [4.78, 5) is 0. The van der Waals surface area contributed by atoms with Gasteiger partial charge >= 0.3 is 0 Å². The molecule has 0 radical (unpaired) electrons. The van der Waals surface area contributed by atoms with E-state index in [0.29, 0.717) is 12.4 Å². The van der Waals surface area contributed by atoms with Crippen molar-refractivity contribution in [3.05, 3.63) is 0 Å². The SMILES string of the molecule is CCC(O)NCCCl. The first-order chi connectivity index (χ1) is 3.81. The van der Waals surface area contributed by atoms with Crippen LogP contribution in [0.3, 0.4) is 0 Å². The van der Waals surface area contributed by atoms with Crippen molar-refractivity contribution in [2.24, 2.45) is 0 Å². The van der Waals surface area contributed by atoms with E-state index in [1.54, 1.807) is 0 Å². The van der Waals surface area contributed by atoms with Gasteiger partial charge < -0.3 is 5.11 Å². The number of hydrogen-bond acceptors (Lipinski definition) is 2. The van der Waals surface area contributed by atoms with Crippen LogP contribution in [0.5, 0.6) is 0 Å². The Bertz CT molecular complexity index is 51.7. The summed E-state index contributed by atoms with van der Waals surface area (Å²) in [6.45, 7) is 2.59. The van der Waals surface area contributed by atoms with E-state index in [4.69, 9.17) is 16.7 Å². The first kappa shape index (κ1) is 8.21. The van der Waals surface area contributed by atoms with E-state index in [0.717, 1.165) is 6.42 Å². The van der Waals surface area contributed by atoms with E-state index in [-0.39, 0.29) is 6.23 Å². The maximum absolute atomic E-state index is 8.82. The lowest BCUT2D eigenvalue weighted by molar-refractivity contribution is 0.136. The molecule has 0 aliphatic carbocycles. The Labute approximate surface area is 54.8 Å². The Morgan fingerprint density at radius 1 is 1.75 bits per heavy atom. The van der Waals surface area contributed by atoms with Gasteiger partial charge in [0.2, 0.25) is 0 Å². The molecule has 0 saturated carbocycles. The van der Waals surface area contributed by atoms with Gasteiger partial charge in [-0.1, -0.05) is 6.92 Å². The summed E-state index contributed by atoms with van der Waals surface area (Å²) >= 11 is 5.33. The van der Waals surface area contributed by atoms with Gasteiger partial charge in [-0.05, 0) is 6.42 Å². The van der Waals surface area contributed by atoms with Crippen LogP contribution in [0.4, 0.5) is 0 Å². The molecule has 0 aliphatic rings. The monoisotopic (exact) mass is 137 g/mol. The Hall–Kier alpha value is 0.210. The van der Waals surface area contributed by atoms with Crippen LogP contribution in [0.2, 0.25) is 0 Å². The van der Waals surface area contributed by atoms with E-state index in [9.17, 15) is 0 Å². The molecule has 0 rings (SSSR count). The fourth-order valence-electron chi connectivity index (χ4n) is 0.366. The smallest absolute Gasteiger partial charge is 0.104 e. The van der Waals surface area contributed by atoms with Crippen molar-refractivity contribution in [1.82, 2.24) is 5.32 Å². The molecule has 0 spiro atoms. The largest absolute Gasteiger partial charge is 0.379 e. The van der Waals surface area contributed by atoms with Crippen molar-refractivity contribution in [2.75, 3.05) is 12.4 Å². The zero-order valence-corrected chi connectivity index (χ0v) is 5.78. The summed E-state index contributed by atoms with van der Waals surface area (Å²) in [6.07, 6.45) is 0.352. The average Bonchev–Trinajstić information content (AvgIpc) is 1.83. The van der Waals surface area contributed by atoms with Crippen molar-refractivity contribution in [3.8, 4) is 0 Å². The molecule has 0 aromatic heterocycles. The molecule has 0 bridgehead atoms. The maximum atomic E-state index is 8.82. The highest BCUT2D eigenvalue weighted by molar-refractivity contribution is 6.18. The summed E-state index contributed by atoms with van der Waals surface area (Å²) in [6, 6.07) is 0. The first-order valence-corrected chi connectivity index (χ1v) is 3.32. The van der Waals surface area contributed by atoms with Crippen LogP contribution in [-0.4, -0.2) is 23.8 Å². The molecule has 8 heavy (non-hydrogen) atoms. The van der Waals surface area contributed by atoms with Gasteiger partial charge in [0, 0.05) is 12.4 Å². The Balaban J connectivity index is 2.86. The molecular formula is C5H12ClNO. The maximum Gasteiger partial charge on any atom is 0.104 e.